The zero-order chi connectivity index (χ0) is 15.2. The Balaban J connectivity index is 3.23. The second-order valence-electron chi connectivity index (χ2n) is 5.78. The molecule has 0 saturated carbocycles. The highest BCUT2D eigenvalue weighted by Gasteiger charge is 2.59. The van der Waals surface area contributed by atoms with Crippen molar-refractivity contribution in [3.8, 4) is 0 Å². The number of hydrogen-bond donors (Lipinski definition) is 0. The topological polar surface area (TPSA) is 18.8 Å². The molecule has 0 bridgehead atoms. The molecule has 0 fully saturated rings. The third-order valence-corrected chi connectivity index (χ3v) is 5.26. The van der Waals surface area contributed by atoms with Crippen LogP contribution in [0.1, 0.15) is 34.6 Å². The average Bonchev–Trinajstić information content (AvgIpc) is 2.58. The molecule has 0 spiro atoms. The Hall–Kier alpha value is 0.720. The first-order chi connectivity index (χ1) is 8.30. The molecule has 0 radical (unpaired) electrons. The number of alkyl halides is 5. The van der Waals surface area contributed by atoms with Crippen LogP contribution >= 0.6 is 58.0 Å². The minimum absolute atomic E-state index is 0.0674. The number of hydrazone groups is 1. The molecule has 0 aromatic carbocycles. The van der Waals surface area contributed by atoms with Gasteiger partial charge < -0.3 is 4.90 Å². The maximum Gasteiger partial charge on any atom is 0.227 e. The van der Waals surface area contributed by atoms with Gasteiger partial charge >= 0.3 is 0 Å². The molecule has 19 heavy (non-hydrogen) atoms. The minimum atomic E-state index is -1.84. The van der Waals surface area contributed by atoms with E-state index in [2.05, 4.69) is 5.10 Å². The van der Waals surface area contributed by atoms with Gasteiger partial charge in [-0.15, -0.1) is 0 Å². The molecule has 0 amide bonds. The Morgan fingerprint density at radius 2 is 1.53 bits per heavy atom. The molecule has 1 heterocycles. The Morgan fingerprint density at radius 3 is 1.84 bits per heavy atom. The third-order valence-electron chi connectivity index (χ3n) is 2.83. The van der Waals surface area contributed by atoms with Crippen molar-refractivity contribution in [3.05, 3.63) is 0 Å². The van der Waals surface area contributed by atoms with Crippen LogP contribution in [-0.4, -0.2) is 42.1 Å². The van der Waals surface area contributed by atoms with E-state index in [1.807, 2.05) is 39.5 Å². The SMILES string of the molecule is CC(C)N1N=CN(C(C)(C)C)C1C(Cl)(Cl)C(Cl)(Cl)Cl. The molecule has 1 unspecified atom stereocenters. The van der Waals surface area contributed by atoms with Gasteiger partial charge in [-0.3, -0.25) is 5.01 Å². The number of rotatable bonds is 2. The van der Waals surface area contributed by atoms with Crippen molar-refractivity contribution in [2.24, 2.45) is 5.10 Å². The Kier molecular flexibility index (Phi) is 5.14. The van der Waals surface area contributed by atoms with Crippen LogP contribution in [0.3, 0.4) is 0 Å². The summed E-state index contributed by atoms with van der Waals surface area (Å²) in [5, 5.41) is 6.08. The lowest BCUT2D eigenvalue weighted by atomic mass is 10.0. The average molecular weight is 370 g/mol. The summed E-state index contributed by atoms with van der Waals surface area (Å²) < 4.78 is -3.48. The molecular formula is C11H18Cl5N3. The van der Waals surface area contributed by atoms with Gasteiger partial charge in [0.2, 0.25) is 8.13 Å². The second-order valence-corrected chi connectivity index (χ2v) is 9.44. The standard InChI is InChI=1S/C11H18Cl5N3/c1-7(2)19-8(10(12,13)11(14,15)16)18(6-17-19)9(3,4)5/h6-8H,1-5H3. The van der Waals surface area contributed by atoms with E-state index >= 15 is 0 Å². The Bertz CT molecular complexity index is 356. The Labute approximate surface area is 139 Å². The van der Waals surface area contributed by atoms with Crippen LogP contribution in [0.25, 0.3) is 0 Å². The van der Waals surface area contributed by atoms with E-state index in [9.17, 15) is 0 Å². The van der Waals surface area contributed by atoms with Gasteiger partial charge in [0.05, 0.1) is 0 Å². The minimum Gasteiger partial charge on any atom is -0.332 e. The van der Waals surface area contributed by atoms with Crippen LogP contribution in [0.5, 0.6) is 0 Å². The summed E-state index contributed by atoms with van der Waals surface area (Å²) in [6.45, 7) is 9.98. The summed E-state index contributed by atoms with van der Waals surface area (Å²) >= 11 is 30.6. The molecule has 1 aliphatic rings. The molecule has 1 aliphatic heterocycles. The highest BCUT2D eigenvalue weighted by molar-refractivity contribution is 6.75. The Morgan fingerprint density at radius 1 is 1.05 bits per heavy atom. The predicted molar refractivity (Wildman–Crippen MR) is 85.6 cm³/mol. The zero-order valence-electron chi connectivity index (χ0n) is 11.5. The third kappa shape index (κ3) is 3.49. The number of halogens is 5. The van der Waals surface area contributed by atoms with Gasteiger partial charge in [0.15, 0.2) is 6.17 Å². The summed E-state index contributed by atoms with van der Waals surface area (Å²) in [6.07, 6.45) is 1.11. The normalized spacial score (nSPS) is 21.7. The van der Waals surface area contributed by atoms with E-state index in [4.69, 9.17) is 58.0 Å². The van der Waals surface area contributed by atoms with E-state index in [0.717, 1.165) is 0 Å². The van der Waals surface area contributed by atoms with Crippen molar-refractivity contribution in [1.29, 1.82) is 0 Å². The molecular weight excluding hydrogens is 351 g/mol. The van der Waals surface area contributed by atoms with Crippen molar-refractivity contribution in [1.82, 2.24) is 9.91 Å². The molecule has 8 heteroatoms. The van der Waals surface area contributed by atoms with Gasteiger partial charge in [-0.05, 0) is 34.6 Å². The van der Waals surface area contributed by atoms with E-state index < -0.39 is 14.3 Å². The van der Waals surface area contributed by atoms with Gasteiger partial charge in [-0.2, -0.15) is 5.10 Å². The van der Waals surface area contributed by atoms with E-state index in [1.54, 1.807) is 11.3 Å². The van der Waals surface area contributed by atoms with Crippen LogP contribution in [0.2, 0.25) is 0 Å². The monoisotopic (exact) mass is 367 g/mol. The summed E-state index contributed by atoms with van der Waals surface area (Å²) in [5.41, 5.74) is -0.261. The van der Waals surface area contributed by atoms with E-state index in [0.29, 0.717) is 0 Å². The van der Waals surface area contributed by atoms with Gasteiger partial charge in [0, 0.05) is 11.6 Å². The van der Waals surface area contributed by atoms with Crippen LogP contribution < -0.4 is 0 Å². The number of hydrogen-bond acceptors (Lipinski definition) is 3. The molecule has 0 saturated heterocycles. The lowest BCUT2D eigenvalue weighted by Gasteiger charge is -2.47. The van der Waals surface area contributed by atoms with Gasteiger partial charge in [0.1, 0.15) is 6.34 Å². The van der Waals surface area contributed by atoms with Crippen LogP contribution in [0, 0.1) is 0 Å². The summed E-state index contributed by atoms with van der Waals surface area (Å²) in [4.78, 5) is 1.90. The lowest BCUT2D eigenvalue weighted by Crippen LogP contribution is -2.61. The zero-order valence-corrected chi connectivity index (χ0v) is 15.2. The summed E-state index contributed by atoms with van der Waals surface area (Å²) in [5.74, 6) is 0. The van der Waals surface area contributed by atoms with Crippen LogP contribution in [0.4, 0.5) is 0 Å². The lowest BCUT2D eigenvalue weighted by molar-refractivity contribution is 0.0435. The van der Waals surface area contributed by atoms with Crippen LogP contribution in [0.15, 0.2) is 5.10 Å². The molecule has 0 N–H and O–H groups in total. The van der Waals surface area contributed by atoms with Gasteiger partial charge in [0.25, 0.3) is 0 Å². The van der Waals surface area contributed by atoms with E-state index in [-0.39, 0.29) is 11.6 Å². The quantitative estimate of drug-likeness (QED) is 0.661. The smallest absolute Gasteiger partial charge is 0.227 e. The van der Waals surface area contributed by atoms with Crippen molar-refractivity contribution in [3.63, 3.8) is 0 Å². The molecule has 1 rings (SSSR count). The maximum atomic E-state index is 6.36. The summed E-state index contributed by atoms with van der Waals surface area (Å²) in [6, 6.07) is 0.0674. The predicted octanol–water partition coefficient (Wildman–Crippen LogP) is 4.62. The molecule has 1 atom stereocenters. The first-order valence-corrected chi connectivity index (χ1v) is 7.74. The maximum absolute atomic E-state index is 6.36. The fourth-order valence-electron chi connectivity index (χ4n) is 1.81. The largest absolute Gasteiger partial charge is 0.332 e. The molecule has 112 valence electrons. The fraction of sp³-hybridized carbons (Fsp3) is 0.909. The molecule has 0 aromatic heterocycles. The second kappa shape index (κ2) is 5.49. The molecule has 3 nitrogen and oxygen atoms in total. The first kappa shape index (κ1) is 17.8. The van der Waals surface area contributed by atoms with Crippen molar-refractivity contribution in [2.45, 2.75) is 60.5 Å². The van der Waals surface area contributed by atoms with Crippen LogP contribution in [-0.2, 0) is 0 Å². The van der Waals surface area contributed by atoms with Crippen molar-refractivity contribution < 1.29 is 0 Å². The summed E-state index contributed by atoms with van der Waals surface area (Å²) in [7, 11) is 0. The van der Waals surface area contributed by atoms with Gasteiger partial charge in [-0.25, -0.2) is 0 Å². The number of nitrogens with zero attached hydrogens (tertiary/aromatic N) is 3. The highest BCUT2D eigenvalue weighted by Crippen LogP contribution is 2.52. The van der Waals surface area contributed by atoms with Crippen molar-refractivity contribution >= 4 is 64.3 Å². The molecule has 0 aliphatic carbocycles. The van der Waals surface area contributed by atoms with Crippen molar-refractivity contribution in [2.75, 3.05) is 0 Å². The molecule has 0 aromatic rings. The van der Waals surface area contributed by atoms with Gasteiger partial charge in [-0.1, -0.05) is 58.0 Å². The van der Waals surface area contributed by atoms with E-state index in [1.165, 1.54) is 0 Å². The fourth-order valence-corrected chi connectivity index (χ4v) is 2.52. The highest BCUT2D eigenvalue weighted by atomic mass is 35.6. The first-order valence-electron chi connectivity index (χ1n) is 5.85.